The molecule has 0 bridgehead atoms. The van der Waals surface area contributed by atoms with E-state index in [0.29, 0.717) is 0 Å². The van der Waals surface area contributed by atoms with Crippen molar-refractivity contribution in [1.82, 2.24) is 15.5 Å². The lowest BCUT2D eigenvalue weighted by atomic mass is 10.0. The Morgan fingerprint density at radius 1 is 0.721 bits per heavy atom. The average Bonchev–Trinajstić information content (AvgIpc) is 2.98. The van der Waals surface area contributed by atoms with Crippen LogP contribution in [0.3, 0.4) is 0 Å². The second-order valence-corrected chi connectivity index (χ2v) is 11.4. The third-order valence-corrected chi connectivity index (χ3v) is 6.69. The zero-order valence-corrected chi connectivity index (χ0v) is 25.4. The molecule has 3 amide bonds. The van der Waals surface area contributed by atoms with Crippen LogP contribution >= 0.6 is 0 Å². The number of alkyl carbamates (subject to hydrolysis) is 1. The Balaban J connectivity index is 1.73. The molecule has 3 rings (SSSR count). The Bertz CT molecular complexity index is 1340. The highest BCUT2D eigenvalue weighted by Crippen LogP contribution is 2.12. The largest absolute Gasteiger partial charge is 0.459 e. The van der Waals surface area contributed by atoms with Gasteiger partial charge in [0.1, 0.15) is 30.3 Å². The van der Waals surface area contributed by atoms with E-state index in [0.717, 1.165) is 16.7 Å². The van der Waals surface area contributed by atoms with Crippen LogP contribution in [0.15, 0.2) is 91.0 Å². The van der Waals surface area contributed by atoms with Gasteiger partial charge in [-0.1, -0.05) is 91.0 Å². The maximum absolute atomic E-state index is 13.6. The van der Waals surface area contributed by atoms with Gasteiger partial charge in [0.15, 0.2) is 0 Å². The normalized spacial score (nSPS) is 13.1. The highest BCUT2D eigenvalue weighted by Gasteiger charge is 2.33. The predicted octanol–water partition coefficient (Wildman–Crippen LogP) is 4.44. The molecule has 0 aliphatic carbocycles. The number of rotatable bonds is 12. The second-order valence-electron chi connectivity index (χ2n) is 11.4. The number of hydrogen-bond donors (Lipinski definition) is 2. The molecule has 0 unspecified atom stereocenters. The van der Waals surface area contributed by atoms with Crippen LogP contribution in [0.4, 0.5) is 4.79 Å². The van der Waals surface area contributed by atoms with Crippen molar-refractivity contribution in [2.24, 2.45) is 0 Å². The van der Waals surface area contributed by atoms with Crippen LogP contribution in [-0.2, 0) is 43.3 Å². The van der Waals surface area contributed by atoms with Gasteiger partial charge >= 0.3 is 12.1 Å². The maximum atomic E-state index is 13.6. The molecule has 3 aromatic carbocycles. The minimum atomic E-state index is -0.992. The number of ether oxygens (including phenoxy) is 2. The van der Waals surface area contributed by atoms with Crippen LogP contribution in [0, 0.1) is 0 Å². The molecule has 0 saturated carbocycles. The van der Waals surface area contributed by atoms with Crippen molar-refractivity contribution >= 4 is 23.9 Å². The lowest BCUT2D eigenvalue weighted by Crippen LogP contribution is -2.56. The van der Waals surface area contributed by atoms with Crippen molar-refractivity contribution in [3.05, 3.63) is 108 Å². The zero-order chi connectivity index (χ0) is 31.4. The van der Waals surface area contributed by atoms with E-state index in [1.54, 1.807) is 27.7 Å². The highest BCUT2D eigenvalue weighted by atomic mass is 16.6. The molecule has 0 aliphatic heterocycles. The fourth-order valence-corrected chi connectivity index (χ4v) is 4.28. The molecule has 228 valence electrons. The van der Waals surface area contributed by atoms with Crippen molar-refractivity contribution in [2.75, 3.05) is 7.05 Å². The fourth-order valence-electron chi connectivity index (χ4n) is 4.28. The third kappa shape index (κ3) is 10.9. The Hall–Kier alpha value is -4.66. The first-order valence-electron chi connectivity index (χ1n) is 14.3. The number of hydrogen-bond acceptors (Lipinski definition) is 6. The van der Waals surface area contributed by atoms with Crippen molar-refractivity contribution in [3.8, 4) is 0 Å². The summed E-state index contributed by atoms with van der Waals surface area (Å²) in [5, 5.41) is 5.44. The van der Waals surface area contributed by atoms with E-state index in [4.69, 9.17) is 9.47 Å². The number of likely N-dealkylation sites (N-methyl/N-ethyl adjacent to an activating group) is 1. The number of nitrogens with zero attached hydrogens (tertiary/aromatic N) is 1. The minimum Gasteiger partial charge on any atom is -0.459 e. The smallest absolute Gasteiger partial charge is 0.408 e. The van der Waals surface area contributed by atoms with Crippen LogP contribution in [0.1, 0.15) is 44.4 Å². The predicted molar refractivity (Wildman–Crippen MR) is 164 cm³/mol. The van der Waals surface area contributed by atoms with Gasteiger partial charge in [-0.2, -0.15) is 0 Å². The first-order valence-corrected chi connectivity index (χ1v) is 14.3. The van der Waals surface area contributed by atoms with Crippen LogP contribution in [-0.4, -0.2) is 59.6 Å². The van der Waals surface area contributed by atoms with E-state index in [2.05, 4.69) is 10.6 Å². The Kier molecular flexibility index (Phi) is 11.9. The molecule has 0 saturated heterocycles. The van der Waals surface area contributed by atoms with E-state index in [-0.39, 0.29) is 19.4 Å². The van der Waals surface area contributed by atoms with Crippen molar-refractivity contribution in [2.45, 2.75) is 70.9 Å². The molecule has 0 radical (unpaired) electrons. The van der Waals surface area contributed by atoms with Gasteiger partial charge in [0.05, 0.1) is 0 Å². The quantitative estimate of drug-likeness (QED) is 0.303. The van der Waals surface area contributed by atoms with Gasteiger partial charge in [-0.05, 0) is 44.4 Å². The van der Waals surface area contributed by atoms with Gasteiger partial charge in [-0.25, -0.2) is 9.59 Å². The van der Waals surface area contributed by atoms with Gasteiger partial charge in [0.2, 0.25) is 11.8 Å². The fraction of sp³-hybridized carbons (Fsp3) is 0.353. The number of carbonyl (C=O) groups excluding carboxylic acids is 4. The number of amides is 3. The molecule has 0 spiro atoms. The topological polar surface area (TPSA) is 114 Å². The van der Waals surface area contributed by atoms with Crippen LogP contribution in [0.5, 0.6) is 0 Å². The molecule has 2 N–H and O–H groups in total. The monoisotopic (exact) mass is 587 g/mol. The third-order valence-electron chi connectivity index (χ3n) is 6.69. The van der Waals surface area contributed by atoms with E-state index in [1.165, 1.54) is 11.9 Å². The van der Waals surface area contributed by atoms with Gasteiger partial charge in [-0.3, -0.25) is 9.59 Å². The summed E-state index contributed by atoms with van der Waals surface area (Å²) in [5.74, 6) is -1.61. The first-order chi connectivity index (χ1) is 20.4. The van der Waals surface area contributed by atoms with Crippen molar-refractivity contribution in [3.63, 3.8) is 0 Å². The average molecular weight is 588 g/mol. The summed E-state index contributed by atoms with van der Waals surface area (Å²) in [6.45, 7) is 6.82. The van der Waals surface area contributed by atoms with Gasteiger partial charge in [0.25, 0.3) is 0 Å². The van der Waals surface area contributed by atoms with Crippen molar-refractivity contribution < 1.29 is 28.7 Å². The molecule has 9 heteroatoms. The lowest BCUT2D eigenvalue weighted by molar-refractivity contribution is -0.150. The molecule has 0 aliphatic rings. The van der Waals surface area contributed by atoms with Crippen LogP contribution < -0.4 is 10.6 Å². The number of nitrogens with one attached hydrogen (secondary N) is 2. The summed E-state index contributed by atoms with van der Waals surface area (Å²) in [4.78, 5) is 54.1. The molecule has 3 aromatic rings. The number of benzene rings is 3. The second kappa shape index (κ2) is 15.5. The minimum absolute atomic E-state index is 0.0618. The highest BCUT2D eigenvalue weighted by molar-refractivity contribution is 5.93. The summed E-state index contributed by atoms with van der Waals surface area (Å²) >= 11 is 0. The molecule has 9 nitrogen and oxygen atoms in total. The summed E-state index contributed by atoms with van der Waals surface area (Å²) in [7, 11) is 1.49. The lowest BCUT2D eigenvalue weighted by Gasteiger charge is -2.30. The molecule has 0 fully saturated rings. The van der Waals surface area contributed by atoms with Gasteiger partial charge < -0.3 is 25.0 Å². The van der Waals surface area contributed by atoms with E-state index in [1.807, 2.05) is 91.0 Å². The summed E-state index contributed by atoms with van der Waals surface area (Å²) in [6, 6.07) is 24.8. The Morgan fingerprint density at radius 2 is 1.19 bits per heavy atom. The summed E-state index contributed by atoms with van der Waals surface area (Å²) in [5.41, 5.74) is 1.73. The molecule has 0 aromatic heterocycles. The van der Waals surface area contributed by atoms with E-state index >= 15 is 0 Å². The Labute approximate surface area is 253 Å². The van der Waals surface area contributed by atoms with E-state index < -0.39 is 47.6 Å². The molecule has 0 heterocycles. The molecule has 3 atom stereocenters. The summed E-state index contributed by atoms with van der Waals surface area (Å²) < 4.78 is 10.9. The maximum Gasteiger partial charge on any atom is 0.408 e. The van der Waals surface area contributed by atoms with E-state index in [9.17, 15) is 19.2 Å². The number of esters is 1. The van der Waals surface area contributed by atoms with Crippen molar-refractivity contribution in [1.29, 1.82) is 0 Å². The van der Waals surface area contributed by atoms with Gasteiger partial charge in [-0.15, -0.1) is 0 Å². The standard InChI is InChI=1S/C34H41N3O6/c1-24(37(5)31(39)28(21-25-15-9-6-10-16-25)36-33(41)43-34(2,3)4)30(38)35-29(22-26-17-11-7-12-18-26)32(40)42-23-27-19-13-8-14-20-27/h6-20,24,28-29H,21-23H2,1-5H3,(H,35,38)(H,36,41)/t24-,28-,29-/m0/s1. The van der Waals surface area contributed by atoms with Gasteiger partial charge in [0, 0.05) is 19.9 Å². The Morgan fingerprint density at radius 3 is 1.67 bits per heavy atom. The number of carbonyl (C=O) groups is 4. The first kappa shape index (κ1) is 32.8. The van der Waals surface area contributed by atoms with Crippen LogP contribution in [0.2, 0.25) is 0 Å². The van der Waals surface area contributed by atoms with Crippen LogP contribution in [0.25, 0.3) is 0 Å². The SMILES string of the molecule is C[C@@H](C(=O)N[C@@H](Cc1ccccc1)C(=O)OCc1ccccc1)N(C)C(=O)[C@H](Cc1ccccc1)NC(=O)OC(C)(C)C. The molecule has 43 heavy (non-hydrogen) atoms. The zero-order valence-electron chi connectivity index (χ0n) is 25.4. The molecular weight excluding hydrogens is 546 g/mol. The summed E-state index contributed by atoms with van der Waals surface area (Å²) in [6.07, 6.45) is -0.335. The molecular formula is C34H41N3O6.